The average molecular weight is 338 g/mol. The van der Waals surface area contributed by atoms with Gasteiger partial charge < -0.3 is 9.64 Å². The van der Waals surface area contributed by atoms with E-state index in [1.807, 2.05) is 4.90 Å². The van der Waals surface area contributed by atoms with Crippen LogP contribution >= 0.6 is 11.3 Å². The Morgan fingerprint density at radius 3 is 2.41 bits per heavy atom. The number of piperazine rings is 1. The van der Waals surface area contributed by atoms with Crippen LogP contribution in [0.2, 0.25) is 0 Å². The Morgan fingerprint density at radius 2 is 1.86 bits per heavy atom. The number of ether oxygens (including phenoxy) is 1. The third-order valence-corrected chi connectivity index (χ3v) is 4.33. The van der Waals surface area contributed by atoms with Crippen LogP contribution in [0, 0.1) is 5.92 Å². The van der Waals surface area contributed by atoms with E-state index >= 15 is 0 Å². The second-order valence-electron chi connectivity index (χ2n) is 5.68. The first kappa shape index (κ1) is 17.4. The smallest absolute Gasteiger partial charge is 0.380 e. The zero-order chi connectivity index (χ0) is 16.2. The quantitative estimate of drug-likeness (QED) is 0.745. The van der Waals surface area contributed by atoms with Gasteiger partial charge in [-0.25, -0.2) is 0 Å². The minimum atomic E-state index is -4.41. The maximum atomic E-state index is 12.5. The molecule has 0 bridgehead atoms. The van der Waals surface area contributed by atoms with E-state index in [-0.39, 0.29) is 0 Å². The Labute approximate surface area is 132 Å². The van der Waals surface area contributed by atoms with Crippen LogP contribution in [0.5, 0.6) is 0 Å². The lowest BCUT2D eigenvalue weighted by Crippen LogP contribution is -2.47. The molecule has 9 heteroatoms. The van der Waals surface area contributed by atoms with Crippen LogP contribution in [0.3, 0.4) is 0 Å². The minimum Gasteiger partial charge on any atom is -0.380 e. The lowest BCUT2D eigenvalue weighted by molar-refractivity contribution is -0.138. The number of hydrogen-bond donors (Lipinski definition) is 0. The molecule has 5 nitrogen and oxygen atoms in total. The molecule has 0 aromatic carbocycles. The normalized spacial score (nSPS) is 17.5. The summed E-state index contributed by atoms with van der Waals surface area (Å²) in [7, 11) is 0. The molecule has 1 aliphatic rings. The van der Waals surface area contributed by atoms with Crippen molar-refractivity contribution in [1.29, 1.82) is 0 Å². The molecule has 0 radical (unpaired) electrons. The summed E-state index contributed by atoms with van der Waals surface area (Å²) >= 11 is 0.608. The van der Waals surface area contributed by atoms with Gasteiger partial charge in [-0.2, -0.15) is 13.2 Å². The first-order valence-electron chi connectivity index (χ1n) is 7.32. The van der Waals surface area contributed by atoms with Crippen LogP contribution in [0.4, 0.5) is 18.3 Å². The monoisotopic (exact) mass is 338 g/mol. The molecule has 0 atom stereocenters. The van der Waals surface area contributed by atoms with Gasteiger partial charge in [-0.15, -0.1) is 10.2 Å². The third kappa shape index (κ3) is 5.06. The zero-order valence-electron chi connectivity index (χ0n) is 12.8. The fourth-order valence-electron chi connectivity index (χ4n) is 2.13. The van der Waals surface area contributed by atoms with E-state index in [1.165, 1.54) is 0 Å². The molecule has 126 valence electrons. The van der Waals surface area contributed by atoms with Gasteiger partial charge in [0.05, 0.1) is 6.61 Å². The van der Waals surface area contributed by atoms with Crippen molar-refractivity contribution in [2.45, 2.75) is 20.0 Å². The van der Waals surface area contributed by atoms with Crippen molar-refractivity contribution in [2.24, 2.45) is 5.92 Å². The lowest BCUT2D eigenvalue weighted by atomic mass is 10.2. The van der Waals surface area contributed by atoms with Gasteiger partial charge in [-0.3, -0.25) is 4.90 Å². The molecule has 0 spiro atoms. The molecule has 1 aromatic rings. The molecule has 1 aromatic heterocycles. The number of nitrogens with zero attached hydrogens (tertiary/aromatic N) is 4. The molecule has 0 N–H and O–H groups in total. The molecule has 0 aliphatic carbocycles. The van der Waals surface area contributed by atoms with Crippen molar-refractivity contribution in [3.63, 3.8) is 0 Å². The van der Waals surface area contributed by atoms with Crippen molar-refractivity contribution in [2.75, 3.05) is 50.8 Å². The molecule has 0 amide bonds. The summed E-state index contributed by atoms with van der Waals surface area (Å²) in [6.07, 6.45) is -4.41. The summed E-state index contributed by atoms with van der Waals surface area (Å²) in [5, 5.41) is 6.35. The van der Waals surface area contributed by atoms with Gasteiger partial charge in [0, 0.05) is 39.3 Å². The highest BCUT2D eigenvalue weighted by molar-refractivity contribution is 7.15. The van der Waals surface area contributed by atoms with Gasteiger partial charge in [-0.1, -0.05) is 25.2 Å². The van der Waals surface area contributed by atoms with Gasteiger partial charge in [0.1, 0.15) is 0 Å². The van der Waals surface area contributed by atoms with Gasteiger partial charge in [0.15, 0.2) is 0 Å². The van der Waals surface area contributed by atoms with Crippen molar-refractivity contribution >= 4 is 16.5 Å². The second kappa shape index (κ2) is 7.56. The van der Waals surface area contributed by atoms with Gasteiger partial charge in [-0.05, 0) is 5.92 Å². The number of alkyl halides is 3. The van der Waals surface area contributed by atoms with E-state index in [2.05, 4.69) is 28.9 Å². The standard InChI is InChI=1S/C13H21F3N4OS/c1-10(2)9-21-8-7-19-3-5-20(6-4-19)12-18-17-11(22-12)13(14,15)16/h10H,3-9H2,1-2H3. The molecule has 2 rings (SSSR count). The predicted octanol–water partition coefficient (Wildman–Crippen LogP) is 2.35. The van der Waals surface area contributed by atoms with E-state index < -0.39 is 11.2 Å². The van der Waals surface area contributed by atoms with Crippen LogP contribution in [0.1, 0.15) is 18.9 Å². The topological polar surface area (TPSA) is 41.5 Å². The van der Waals surface area contributed by atoms with Crippen LogP contribution in [0.15, 0.2) is 0 Å². The van der Waals surface area contributed by atoms with Crippen molar-refractivity contribution < 1.29 is 17.9 Å². The molecular weight excluding hydrogens is 317 g/mol. The largest absolute Gasteiger partial charge is 0.445 e. The van der Waals surface area contributed by atoms with Gasteiger partial charge in [0.25, 0.3) is 0 Å². The lowest BCUT2D eigenvalue weighted by Gasteiger charge is -2.34. The van der Waals surface area contributed by atoms with Gasteiger partial charge in [0.2, 0.25) is 10.1 Å². The predicted molar refractivity (Wildman–Crippen MR) is 79.2 cm³/mol. The maximum Gasteiger partial charge on any atom is 0.445 e. The first-order valence-corrected chi connectivity index (χ1v) is 8.13. The SMILES string of the molecule is CC(C)COCCN1CCN(c2nnc(C(F)(F)F)s2)CC1. The molecule has 1 saturated heterocycles. The van der Waals surface area contributed by atoms with E-state index in [0.29, 0.717) is 42.1 Å². The number of hydrogen-bond acceptors (Lipinski definition) is 6. The minimum absolute atomic E-state index is 0.350. The van der Waals surface area contributed by atoms with E-state index in [9.17, 15) is 13.2 Å². The fourth-order valence-corrected chi connectivity index (χ4v) is 2.90. The molecule has 1 aliphatic heterocycles. The summed E-state index contributed by atoms with van der Waals surface area (Å²) in [6, 6.07) is 0. The molecule has 0 saturated carbocycles. The number of anilines is 1. The molecule has 2 heterocycles. The zero-order valence-corrected chi connectivity index (χ0v) is 13.6. The fraction of sp³-hybridized carbons (Fsp3) is 0.846. The van der Waals surface area contributed by atoms with Crippen molar-refractivity contribution in [3.05, 3.63) is 5.01 Å². The summed E-state index contributed by atoms with van der Waals surface area (Å²) in [5.41, 5.74) is 0. The van der Waals surface area contributed by atoms with Crippen LogP contribution in [0.25, 0.3) is 0 Å². The first-order chi connectivity index (χ1) is 10.4. The second-order valence-corrected chi connectivity index (χ2v) is 6.64. The highest BCUT2D eigenvalue weighted by Crippen LogP contribution is 2.34. The number of halogens is 3. The summed E-state index contributed by atoms with van der Waals surface area (Å²) < 4.78 is 43.1. The highest BCUT2D eigenvalue weighted by Gasteiger charge is 2.36. The Hall–Kier alpha value is -0.930. The molecule has 1 fully saturated rings. The van der Waals surface area contributed by atoms with Crippen molar-refractivity contribution in [3.8, 4) is 0 Å². The Balaban J connectivity index is 1.74. The van der Waals surface area contributed by atoms with Crippen molar-refractivity contribution in [1.82, 2.24) is 15.1 Å². The summed E-state index contributed by atoms with van der Waals surface area (Å²) in [5.74, 6) is 0.525. The summed E-state index contributed by atoms with van der Waals surface area (Å²) in [4.78, 5) is 4.11. The van der Waals surface area contributed by atoms with Crippen LogP contribution in [-0.2, 0) is 10.9 Å². The highest BCUT2D eigenvalue weighted by atomic mass is 32.1. The Morgan fingerprint density at radius 1 is 1.18 bits per heavy atom. The Kier molecular flexibility index (Phi) is 5.99. The molecule has 22 heavy (non-hydrogen) atoms. The molecule has 0 unspecified atom stereocenters. The van der Waals surface area contributed by atoms with E-state index in [1.54, 1.807) is 0 Å². The van der Waals surface area contributed by atoms with E-state index in [0.717, 1.165) is 26.2 Å². The van der Waals surface area contributed by atoms with Gasteiger partial charge >= 0.3 is 6.18 Å². The number of aromatic nitrogens is 2. The third-order valence-electron chi connectivity index (χ3n) is 3.30. The van der Waals surface area contributed by atoms with Crippen LogP contribution < -0.4 is 4.90 Å². The van der Waals surface area contributed by atoms with Crippen LogP contribution in [-0.4, -0.2) is 61.0 Å². The average Bonchev–Trinajstić information content (AvgIpc) is 2.94. The molecular formula is C13H21F3N4OS. The maximum absolute atomic E-state index is 12.5. The van der Waals surface area contributed by atoms with E-state index in [4.69, 9.17) is 4.74 Å². The Bertz CT molecular complexity index is 458. The summed E-state index contributed by atoms with van der Waals surface area (Å²) in [6.45, 7) is 9.43. The number of rotatable bonds is 6.